The molecule has 0 heterocycles. The fourth-order valence-electron chi connectivity index (χ4n) is 2.68. The molecule has 0 saturated carbocycles. The van der Waals surface area contributed by atoms with Gasteiger partial charge in [0.05, 0.1) is 11.8 Å². The van der Waals surface area contributed by atoms with E-state index < -0.39 is 38.8 Å². The Bertz CT molecular complexity index is 1120. The zero-order valence-corrected chi connectivity index (χ0v) is 16.4. The van der Waals surface area contributed by atoms with Crippen molar-refractivity contribution in [3.05, 3.63) is 90.0 Å². The van der Waals surface area contributed by atoms with E-state index in [2.05, 4.69) is 4.18 Å². The van der Waals surface area contributed by atoms with Crippen LogP contribution in [0, 0.1) is 0 Å². The van der Waals surface area contributed by atoms with Gasteiger partial charge in [0.1, 0.15) is 17.2 Å². The minimum Gasteiger partial charge on any atom is -0.457 e. The predicted molar refractivity (Wildman–Crippen MR) is 103 cm³/mol. The van der Waals surface area contributed by atoms with E-state index in [0.29, 0.717) is 12.1 Å². The molecular weight excluding hydrogens is 424 g/mol. The van der Waals surface area contributed by atoms with Crippen molar-refractivity contribution in [1.29, 1.82) is 0 Å². The molecular formula is C21H16F4O4S. The first-order valence-corrected chi connectivity index (χ1v) is 10.4. The van der Waals surface area contributed by atoms with Crippen molar-refractivity contribution < 1.29 is 34.9 Å². The number of alkyl halides is 4. The first kappa shape index (κ1) is 21.6. The molecule has 0 unspecified atom stereocenters. The van der Waals surface area contributed by atoms with Gasteiger partial charge in [-0.2, -0.15) is 26.0 Å². The van der Waals surface area contributed by atoms with Crippen LogP contribution in [0.1, 0.15) is 11.1 Å². The summed E-state index contributed by atoms with van der Waals surface area (Å²) in [5, 5.41) is 0. The summed E-state index contributed by atoms with van der Waals surface area (Å²) in [4.78, 5) is 0. The zero-order chi connectivity index (χ0) is 22.0. The summed E-state index contributed by atoms with van der Waals surface area (Å²) >= 11 is 0. The Balaban J connectivity index is 1.96. The number of benzene rings is 3. The van der Waals surface area contributed by atoms with Crippen LogP contribution in [-0.2, 0) is 22.0 Å². The van der Waals surface area contributed by atoms with Crippen molar-refractivity contribution in [2.75, 3.05) is 6.26 Å². The first-order chi connectivity index (χ1) is 14.0. The van der Waals surface area contributed by atoms with E-state index in [4.69, 9.17) is 4.74 Å². The number of rotatable bonds is 7. The molecule has 0 N–H and O–H groups in total. The predicted octanol–water partition coefficient (Wildman–Crippen LogP) is 5.70. The van der Waals surface area contributed by atoms with E-state index in [0.717, 1.165) is 24.5 Å². The van der Waals surface area contributed by atoms with Gasteiger partial charge in [-0.15, -0.1) is 0 Å². The van der Waals surface area contributed by atoms with Crippen molar-refractivity contribution in [3.63, 3.8) is 0 Å². The molecule has 3 rings (SSSR count). The standard InChI is InChI=1S/C21H16F4O4S/c1-30(26,27)29-17-13-11-15(12-14-17)20(22,23)21(24,25)18-9-5-6-10-19(18)28-16-7-3-2-4-8-16/h2-14H,1H3. The summed E-state index contributed by atoms with van der Waals surface area (Å²) < 4.78 is 91.8. The van der Waals surface area contributed by atoms with Crippen molar-refractivity contribution in [3.8, 4) is 17.2 Å². The molecule has 0 aliphatic heterocycles. The minimum atomic E-state index is -4.63. The van der Waals surface area contributed by atoms with Gasteiger partial charge in [-0.25, -0.2) is 0 Å². The van der Waals surface area contributed by atoms with Gasteiger partial charge < -0.3 is 8.92 Å². The molecule has 0 radical (unpaired) electrons. The third kappa shape index (κ3) is 4.56. The van der Waals surface area contributed by atoms with E-state index in [1.807, 2.05) is 0 Å². The molecule has 4 nitrogen and oxygen atoms in total. The van der Waals surface area contributed by atoms with Gasteiger partial charge in [-0.3, -0.25) is 0 Å². The topological polar surface area (TPSA) is 52.6 Å². The number of ether oxygens (including phenoxy) is 1. The highest BCUT2D eigenvalue weighted by atomic mass is 32.2. The fraction of sp³-hybridized carbons (Fsp3) is 0.143. The second kappa shape index (κ2) is 7.98. The van der Waals surface area contributed by atoms with Crippen LogP contribution in [0.5, 0.6) is 17.2 Å². The van der Waals surface area contributed by atoms with Gasteiger partial charge in [-0.1, -0.05) is 30.3 Å². The quantitative estimate of drug-likeness (QED) is 0.349. The molecule has 0 spiro atoms. The normalized spacial score (nSPS) is 12.4. The van der Waals surface area contributed by atoms with E-state index in [1.54, 1.807) is 18.2 Å². The highest BCUT2D eigenvalue weighted by molar-refractivity contribution is 7.86. The lowest BCUT2D eigenvalue weighted by atomic mass is 9.95. The molecule has 0 bridgehead atoms. The molecule has 0 fully saturated rings. The maximum absolute atomic E-state index is 15.0. The van der Waals surface area contributed by atoms with E-state index in [9.17, 15) is 26.0 Å². The third-order valence-corrected chi connectivity index (χ3v) is 4.55. The largest absolute Gasteiger partial charge is 0.457 e. The number of hydrogen-bond acceptors (Lipinski definition) is 4. The highest BCUT2D eigenvalue weighted by Gasteiger charge is 2.59. The Morgan fingerprint density at radius 3 is 1.87 bits per heavy atom. The monoisotopic (exact) mass is 440 g/mol. The fourth-order valence-corrected chi connectivity index (χ4v) is 3.14. The number of hydrogen-bond donors (Lipinski definition) is 0. The van der Waals surface area contributed by atoms with Gasteiger partial charge in [0.25, 0.3) is 0 Å². The van der Waals surface area contributed by atoms with Crippen LogP contribution in [0.15, 0.2) is 78.9 Å². The van der Waals surface area contributed by atoms with E-state index in [-0.39, 0.29) is 11.5 Å². The Morgan fingerprint density at radius 2 is 1.27 bits per heavy atom. The van der Waals surface area contributed by atoms with Gasteiger partial charge in [-0.05, 0) is 48.5 Å². The van der Waals surface area contributed by atoms with E-state index >= 15 is 0 Å². The zero-order valence-electron chi connectivity index (χ0n) is 15.6. The first-order valence-electron chi connectivity index (χ1n) is 8.59. The molecule has 30 heavy (non-hydrogen) atoms. The van der Waals surface area contributed by atoms with Crippen LogP contribution < -0.4 is 8.92 Å². The summed E-state index contributed by atoms with van der Waals surface area (Å²) in [6.45, 7) is 0. The molecule has 3 aromatic rings. The van der Waals surface area contributed by atoms with Crippen LogP contribution in [-0.4, -0.2) is 14.7 Å². The molecule has 0 atom stereocenters. The average Bonchev–Trinajstić information content (AvgIpc) is 2.68. The van der Waals surface area contributed by atoms with Gasteiger partial charge in [0, 0.05) is 5.56 Å². The summed E-state index contributed by atoms with van der Waals surface area (Å²) in [6.07, 6.45) is 0.771. The van der Waals surface area contributed by atoms with Crippen molar-refractivity contribution >= 4 is 10.1 Å². The van der Waals surface area contributed by atoms with Crippen molar-refractivity contribution in [2.45, 2.75) is 11.8 Å². The smallest absolute Gasteiger partial charge is 0.343 e. The van der Waals surface area contributed by atoms with Crippen LogP contribution in [0.3, 0.4) is 0 Å². The summed E-state index contributed by atoms with van der Waals surface area (Å²) in [5.74, 6) is -9.71. The summed E-state index contributed by atoms with van der Waals surface area (Å²) in [6, 6.07) is 15.7. The Hall–Kier alpha value is -3.07. The summed E-state index contributed by atoms with van der Waals surface area (Å²) in [5.41, 5.74) is -2.00. The Kier molecular flexibility index (Phi) is 5.76. The third-order valence-electron chi connectivity index (χ3n) is 4.06. The number of halogens is 4. The Morgan fingerprint density at radius 1 is 0.700 bits per heavy atom. The molecule has 0 aliphatic rings. The van der Waals surface area contributed by atoms with Crippen LogP contribution in [0.4, 0.5) is 17.6 Å². The van der Waals surface area contributed by atoms with Gasteiger partial charge in [0.2, 0.25) is 0 Å². The van der Waals surface area contributed by atoms with Crippen LogP contribution >= 0.6 is 0 Å². The molecule has 0 amide bonds. The van der Waals surface area contributed by atoms with Crippen molar-refractivity contribution in [1.82, 2.24) is 0 Å². The van der Waals surface area contributed by atoms with Gasteiger partial charge >= 0.3 is 22.0 Å². The second-order valence-electron chi connectivity index (χ2n) is 6.37. The van der Waals surface area contributed by atoms with Crippen LogP contribution in [0.2, 0.25) is 0 Å². The molecule has 0 aliphatic carbocycles. The summed E-state index contributed by atoms with van der Waals surface area (Å²) in [7, 11) is -3.88. The molecule has 9 heteroatoms. The average molecular weight is 440 g/mol. The molecule has 0 aromatic heterocycles. The molecule has 3 aromatic carbocycles. The lowest BCUT2D eigenvalue weighted by Crippen LogP contribution is -2.35. The lowest BCUT2D eigenvalue weighted by Gasteiger charge is -2.28. The van der Waals surface area contributed by atoms with Crippen molar-refractivity contribution in [2.24, 2.45) is 0 Å². The maximum atomic E-state index is 15.0. The van der Waals surface area contributed by atoms with Crippen LogP contribution in [0.25, 0.3) is 0 Å². The van der Waals surface area contributed by atoms with E-state index in [1.165, 1.54) is 30.3 Å². The minimum absolute atomic E-state index is 0.214. The maximum Gasteiger partial charge on any atom is 0.343 e. The molecule has 158 valence electrons. The Labute approximate surface area is 170 Å². The molecule has 0 saturated heterocycles. The SMILES string of the molecule is CS(=O)(=O)Oc1ccc(C(F)(F)C(F)(F)c2ccccc2Oc2ccccc2)cc1. The van der Waals surface area contributed by atoms with Gasteiger partial charge in [0.15, 0.2) is 0 Å². The highest BCUT2D eigenvalue weighted by Crippen LogP contribution is 2.52. The second-order valence-corrected chi connectivity index (χ2v) is 7.95. The lowest BCUT2D eigenvalue weighted by molar-refractivity contribution is -0.224. The number of para-hydroxylation sites is 2.